The highest BCUT2D eigenvalue weighted by molar-refractivity contribution is 6.06. The molecule has 0 saturated heterocycles. The number of aromatic nitrogens is 1. The van der Waals surface area contributed by atoms with Crippen molar-refractivity contribution >= 4 is 27.9 Å². The van der Waals surface area contributed by atoms with Crippen molar-refractivity contribution in [2.24, 2.45) is 0 Å². The number of benzene rings is 3. The average molecular weight is 469 g/mol. The molecule has 0 aliphatic heterocycles. The molecule has 1 aromatic heterocycles. The molecular formula is C28H18F3N3O. The SMILES string of the molecule is N#Cc1cccc(/C(=C/C=C/C(=O)Nc2cccc3cnccc23)c2ccc(C(F)(F)F)cc2)c1. The molecule has 0 bridgehead atoms. The molecule has 0 atom stereocenters. The van der Waals surface area contributed by atoms with E-state index >= 15 is 0 Å². The lowest BCUT2D eigenvalue weighted by molar-refractivity contribution is -0.137. The number of fused-ring (bicyclic) bond motifs is 1. The molecule has 0 aliphatic rings. The monoisotopic (exact) mass is 469 g/mol. The maximum atomic E-state index is 13.0. The zero-order valence-electron chi connectivity index (χ0n) is 18.3. The summed E-state index contributed by atoms with van der Waals surface area (Å²) in [5.41, 5.74) is 2.00. The predicted octanol–water partition coefficient (Wildman–Crippen LogP) is 6.75. The second kappa shape index (κ2) is 10.1. The van der Waals surface area contributed by atoms with E-state index in [-0.39, 0.29) is 5.91 Å². The molecule has 1 heterocycles. The van der Waals surface area contributed by atoms with Crippen molar-refractivity contribution < 1.29 is 18.0 Å². The fourth-order valence-electron chi connectivity index (χ4n) is 3.59. The number of halogens is 3. The molecule has 3 aromatic carbocycles. The molecule has 0 radical (unpaired) electrons. The number of carbonyl (C=O) groups excluding carboxylic acids is 1. The van der Waals surface area contributed by atoms with Crippen LogP contribution in [-0.2, 0) is 11.0 Å². The van der Waals surface area contributed by atoms with Gasteiger partial charge >= 0.3 is 6.18 Å². The van der Waals surface area contributed by atoms with Gasteiger partial charge in [0.15, 0.2) is 0 Å². The van der Waals surface area contributed by atoms with E-state index in [0.717, 1.165) is 22.9 Å². The van der Waals surface area contributed by atoms with Gasteiger partial charge in [-0.25, -0.2) is 0 Å². The number of rotatable bonds is 5. The van der Waals surface area contributed by atoms with Gasteiger partial charge in [0.1, 0.15) is 0 Å². The molecule has 1 amide bonds. The van der Waals surface area contributed by atoms with Gasteiger partial charge in [0, 0.05) is 34.9 Å². The lowest BCUT2D eigenvalue weighted by Crippen LogP contribution is -2.08. The highest BCUT2D eigenvalue weighted by Gasteiger charge is 2.30. The second-order valence-electron chi connectivity index (χ2n) is 7.60. The Labute approximate surface area is 199 Å². The number of nitrogens with one attached hydrogen (secondary N) is 1. The summed E-state index contributed by atoms with van der Waals surface area (Å²) in [7, 11) is 0. The van der Waals surface area contributed by atoms with Gasteiger partial charge in [0.2, 0.25) is 5.91 Å². The first-order valence-corrected chi connectivity index (χ1v) is 10.6. The van der Waals surface area contributed by atoms with E-state index in [2.05, 4.69) is 16.4 Å². The van der Waals surface area contributed by atoms with E-state index in [1.807, 2.05) is 12.1 Å². The Morgan fingerprint density at radius 1 is 0.971 bits per heavy atom. The zero-order chi connectivity index (χ0) is 24.8. The van der Waals surface area contributed by atoms with E-state index in [4.69, 9.17) is 0 Å². The van der Waals surface area contributed by atoms with Gasteiger partial charge in [-0.2, -0.15) is 18.4 Å². The highest BCUT2D eigenvalue weighted by Crippen LogP contribution is 2.31. The number of amides is 1. The third-order valence-electron chi connectivity index (χ3n) is 5.28. The first-order chi connectivity index (χ1) is 16.8. The van der Waals surface area contributed by atoms with Crippen molar-refractivity contribution in [1.82, 2.24) is 4.98 Å². The van der Waals surface area contributed by atoms with Crippen LogP contribution in [0.3, 0.4) is 0 Å². The third-order valence-corrected chi connectivity index (χ3v) is 5.28. The van der Waals surface area contributed by atoms with E-state index in [1.165, 1.54) is 24.3 Å². The van der Waals surface area contributed by atoms with Crippen molar-refractivity contribution in [2.75, 3.05) is 5.32 Å². The van der Waals surface area contributed by atoms with Gasteiger partial charge in [-0.05, 0) is 53.1 Å². The topological polar surface area (TPSA) is 65.8 Å². The van der Waals surface area contributed by atoms with Gasteiger partial charge in [0.25, 0.3) is 0 Å². The van der Waals surface area contributed by atoms with Crippen LogP contribution in [0.4, 0.5) is 18.9 Å². The molecule has 1 N–H and O–H groups in total. The van der Waals surface area contributed by atoms with Gasteiger partial charge in [0.05, 0.1) is 17.2 Å². The average Bonchev–Trinajstić information content (AvgIpc) is 2.86. The molecule has 4 aromatic rings. The molecular weight excluding hydrogens is 451 g/mol. The lowest BCUT2D eigenvalue weighted by atomic mass is 9.95. The number of hydrogen-bond donors (Lipinski definition) is 1. The van der Waals surface area contributed by atoms with E-state index in [0.29, 0.717) is 28.0 Å². The Morgan fingerprint density at radius 3 is 2.49 bits per heavy atom. The van der Waals surface area contributed by atoms with Crippen molar-refractivity contribution in [1.29, 1.82) is 5.26 Å². The van der Waals surface area contributed by atoms with E-state index in [9.17, 15) is 23.2 Å². The largest absolute Gasteiger partial charge is 0.416 e. The zero-order valence-corrected chi connectivity index (χ0v) is 18.3. The molecule has 0 aliphatic carbocycles. The van der Waals surface area contributed by atoms with Gasteiger partial charge in [-0.1, -0.05) is 48.6 Å². The van der Waals surface area contributed by atoms with Crippen LogP contribution in [0.1, 0.15) is 22.3 Å². The molecule has 0 spiro atoms. The Kier molecular flexibility index (Phi) is 6.74. The predicted molar refractivity (Wildman–Crippen MR) is 129 cm³/mol. The number of hydrogen-bond acceptors (Lipinski definition) is 3. The third kappa shape index (κ3) is 5.63. The molecule has 35 heavy (non-hydrogen) atoms. The Bertz CT molecular complexity index is 1470. The summed E-state index contributed by atoms with van der Waals surface area (Å²) in [6.45, 7) is 0. The standard InChI is InChI=1S/C28H18F3N3O/c29-28(30,31)23-12-10-20(11-13-23)24(21-5-1-4-19(16-21)17-32)7-3-9-27(35)34-26-8-2-6-22-18-33-15-14-25(22)26/h1-16,18H,(H,34,35)/b9-3+,24-7+. The summed E-state index contributed by atoms with van der Waals surface area (Å²) in [6, 6.07) is 20.8. The number of anilines is 1. The Hall–Kier alpha value is -4.70. The van der Waals surface area contributed by atoms with Crippen LogP contribution in [0.2, 0.25) is 0 Å². The number of nitriles is 1. The minimum Gasteiger partial charge on any atom is -0.322 e. The van der Waals surface area contributed by atoms with Crippen LogP contribution in [-0.4, -0.2) is 10.9 Å². The molecule has 0 unspecified atom stereocenters. The molecule has 7 heteroatoms. The smallest absolute Gasteiger partial charge is 0.322 e. The van der Waals surface area contributed by atoms with Crippen LogP contribution < -0.4 is 5.32 Å². The summed E-state index contributed by atoms with van der Waals surface area (Å²) >= 11 is 0. The highest BCUT2D eigenvalue weighted by atomic mass is 19.4. The van der Waals surface area contributed by atoms with Crippen LogP contribution in [0, 0.1) is 11.3 Å². The Balaban J connectivity index is 1.64. The summed E-state index contributed by atoms with van der Waals surface area (Å²) < 4.78 is 39.0. The lowest BCUT2D eigenvalue weighted by Gasteiger charge is -2.11. The fraction of sp³-hybridized carbons (Fsp3) is 0.0357. The van der Waals surface area contributed by atoms with Gasteiger partial charge < -0.3 is 5.32 Å². The number of carbonyl (C=O) groups is 1. The number of allylic oxidation sites excluding steroid dienone is 2. The van der Waals surface area contributed by atoms with Crippen molar-refractivity contribution in [3.05, 3.63) is 126 Å². The Morgan fingerprint density at radius 2 is 1.74 bits per heavy atom. The minimum atomic E-state index is -4.45. The fourth-order valence-corrected chi connectivity index (χ4v) is 3.59. The van der Waals surface area contributed by atoms with Gasteiger partial charge in [-0.3, -0.25) is 9.78 Å². The summed E-state index contributed by atoms with van der Waals surface area (Å²) in [4.78, 5) is 16.6. The summed E-state index contributed by atoms with van der Waals surface area (Å²) in [5, 5.41) is 13.8. The van der Waals surface area contributed by atoms with Crippen LogP contribution in [0.25, 0.3) is 16.3 Å². The number of nitrogens with zero attached hydrogens (tertiary/aromatic N) is 2. The maximum Gasteiger partial charge on any atom is 0.416 e. The summed E-state index contributed by atoms with van der Waals surface area (Å²) in [6.07, 6.45) is 3.38. The van der Waals surface area contributed by atoms with E-state index < -0.39 is 11.7 Å². The molecule has 0 fully saturated rings. The van der Waals surface area contributed by atoms with Crippen LogP contribution in [0.5, 0.6) is 0 Å². The molecule has 4 nitrogen and oxygen atoms in total. The molecule has 0 saturated carbocycles. The maximum absolute atomic E-state index is 13.0. The van der Waals surface area contributed by atoms with E-state index in [1.54, 1.807) is 54.9 Å². The molecule has 4 rings (SSSR count). The van der Waals surface area contributed by atoms with Crippen molar-refractivity contribution in [2.45, 2.75) is 6.18 Å². The number of pyridine rings is 1. The molecule has 172 valence electrons. The minimum absolute atomic E-state index is 0.372. The first kappa shape index (κ1) is 23.5. The van der Waals surface area contributed by atoms with Crippen LogP contribution in [0.15, 0.2) is 103 Å². The number of alkyl halides is 3. The normalized spacial score (nSPS) is 12.0. The summed E-state index contributed by atoms with van der Waals surface area (Å²) in [5.74, 6) is -0.372. The van der Waals surface area contributed by atoms with Gasteiger partial charge in [-0.15, -0.1) is 0 Å². The second-order valence-corrected chi connectivity index (χ2v) is 7.60. The van der Waals surface area contributed by atoms with Crippen molar-refractivity contribution in [3.8, 4) is 6.07 Å². The van der Waals surface area contributed by atoms with Crippen molar-refractivity contribution in [3.63, 3.8) is 0 Å². The first-order valence-electron chi connectivity index (χ1n) is 10.6. The van der Waals surface area contributed by atoms with Crippen LogP contribution >= 0.6 is 0 Å². The quantitative estimate of drug-likeness (QED) is 0.260.